The minimum atomic E-state index is -1.79. The van der Waals surface area contributed by atoms with Gasteiger partial charge in [0.15, 0.2) is 8.32 Å². The van der Waals surface area contributed by atoms with E-state index < -0.39 is 8.32 Å². The Balaban J connectivity index is 5.05. The summed E-state index contributed by atoms with van der Waals surface area (Å²) in [6.45, 7) is 18.6. The summed E-state index contributed by atoms with van der Waals surface area (Å²) in [6.07, 6.45) is 4.01. The fraction of sp³-hybridized carbons (Fsp3) is 0.824. The van der Waals surface area contributed by atoms with Crippen molar-refractivity contribution < 1.29 is 9.22 Å². The molecule has 0 saturated carbocycles. The summed E-state index contributed by atoms with van der Waals surface area (Å²) in [5, 5.41) is 0. The number of hydrogen-bond donors (Lipinski definition) is 0. The second kappa shape index (κ2) is 8.78. The van der Waals surface area contributed by atoms with E-state index in [9.17, 15) is 4.79 Å². The fourth-order valence-electron chi connectivity index (χ4n) is 3.45. The van der Waals surface area contributed by atoms with Crippen molar-refractivity contribution in [3.05, 3.63) is 11.6 Å². The largest absolute Gasteiger partial charge is 0.415 e. The standard InChI is InChI=1S/C17H34O2Si/c1-9-17(10-16(8)11-18)12-19-20(13(2)3,14(4)5)15(6)7/h10-11,13-15,17H,9,12H2,1-8H3/b16-10+/t17-/m0/s1. The van der Waals surface area contributed by atoms with E-state index in [0.717, 1.165) is 24.9 Å². The van der Waals surface area contributed by atoms with Crippen molar-refractivity contribution in [3.8, 4) is 0 Å². The summed E-state index contributed by atoms with van der Waals surface area (Å²) >= 11 is 0. The molecule has 0 aromatic heterocycles. The highest BCUT2D eigenvalue weighted by molar-refractivity contribution is 6.77. The third kappa shape index (κ3) is 4.85. The molecule has 0 rings (SSSR count). The molecule has 0 bridgehead atoms. The van der Waals surface area contributed by atoms with Crippen LogP contribution in [-0.4, -0.2) is 21.2 Å². The molecule has 0 saturated heterocycles. The maximum absolute atomic E-state index is 10.8. The Morgan fingerprint density at radius 2 is 1.50 bits per heavy atom. The van der Waals surface area contributed by atoms with Crippen LogP contribution in [0.5, 0.6) is 0 Å². The van der Waals surface area contributed by atoms with Crippen molar-refractivity contribution in [1.82, 2.24) is 0 Å². The summed E-state index contributed by atoms with van der Waals surface area (Å²) < 4.78 is 6.59. The first-order valence-corrected chi connectivity index (χ1v) is 10.1. The van der Waals surface area contributed by atoms with Gasteiger partial charge in [0.1, 0.15) is 6.29 Å². The van der Waals surface area contributed by atoms with Gasteiger partial charge in [0.2, 0.25) is 0 Å². The fourth-order valence-corrected chi connectivity index (χ4v) is 8.95. The molecule has 0 aromatic rings. The molecule has 0 radical (unpaired) electrons. The van der Waals surface area contributed by atoms with Crippen LogP contribution in [0, 0.1) is 5.92 Å². The molecule has 0 heterocycles. The molecular formula is C17H34O2Si. The predicted molar refractivity (Wildman–Crippen MR) is 90.6 cm³/mol. The number of aldehydes is 1. The first-order valence-electron chi connectivity index (χ1n) is 7.99. The number of hydrogen-bond acceptors (Lipinski definition) is 2. The highest BCUT2D eigenvalue weighted by atomic mass is 28.4. The zero-order chi connectivity index (χ0) is 15.9. The normalized spacial score (nSPS) is 15.2. The van der Waals surface area contributed by atoms with Crippen molar-refractivity contribution in [2.45, 2.75) is 78.4 Å². The molecule has 0 aliphatic rings. The van der Waals surface area contributed by atoms with Crippen LogP contribution in [0.3, 0.4) is 0 Å². The Morgan fingerprint density at radius 3 is 1.80 bits per heavy atom. The Bertz CT molecular complexity index is 297. The molecule has 1 atom stereocenters. The summed E-state index contributed by atoms with van der Waals surface area (Å²) in [7, 11) is -1.79. The van der Waals surface area contributed by atoms with Crippen LogP contribution in [0.2, 0.25) is 16.6 Å². The summed E-state index contributed by atoms with van der Waals surface area (Å²) in [5.74, 6) is 0.350. The topological polar surface area (TPSA) is 26.3 Å². The van der Waals surface area contributed by atoms with Gasteiger partial charge in [-0.15, -0.1) is 0 Å². The molecule has 0 aromatic carbocycles. The molecule has 0 aliphatic carbocycles. The molecule has 0 amide bonds. The smallest absolute Gasteiger partial charge is 0.200 e. The van der Waals surface area contributed by atoms with E-state index in [-0.39, 0.29) is 0 Å². The van der Waals surface area contributed by atoms with E-state index in [1.54, 1.807) is 0 Å². The summed E-state index contributed by atoms with van der Waals surface area (Å²) in [5.41, 5.74) is 2.63. The van der Waals surface area contributed by atoms with Crippen LogP contribution in [0.4, 0.5) is 0 Å². The highest BCUT2D eigenvalue weighted by Crippen LogP contribution is 2.42. The van der Waals surface area contributed by atoms with E-state index in [0.29, 0.717) is 22.5 Å². The van der Waals surface area contributed by atoms with Crippen molar-refractivity contribution in [1.29, 1.82) is 0 Å². The van der Waals surface area contributed by atoms with Gasteiger partial charge in [0.25, 0.3) is 0 Å². The number of carbonyl (C=O) groups is 1. The van der Waals surface area contributed by atoms with Crippen LogP contribution in [0.25, 0.3) is 0 Å². The van der Waals surface area contributed by atoms with Gasteiger partial charge in [0.05, 0.1) is 0 Å². The van der Waals surface area contributed by atoms with Crippen LogP contribution < -0.4 is 0 Å². The molecule has 0 aliphatic heterocycles. The molecule has 0 fully saturated rings. The van der Waals surface area contributed by atoms with E-state index in [2.05, 4.69) is 54.5 Å². The van der Waals surface area contributed by atoms with Gasteiger partial charge < -0.3 is 4.43 Å². The van der Waals surface area contributed by atoms with Crippen LogP contribution in [0.15, 0.2) is 11.6 Å². The zero-order valence-electron chi connectivity index (χ0n) is 14.7. The minimum absolute atomic E-state index is 0.350. The highest BCUT2D eigenvalue weighted by Gasteiger charge is 2.45. The van der Waals surface area contributed by atoms with Crippen LogP contribution >= 0.6 is 0 Å². The maximum atomic E-state index is 10.8. The van der Waals surface area contributed by atoms with Crippen molar-refractivity contribution in [3.63, 3.8) is 0 Å². The second-order valence-electron chi connectivity index (χ2n) is 6.83. The van der Waals surface area contributed by atoms with Crippen molar-refractivity contribution in [2.75, 3.05) is 6.61 Å². The lowest BCUT2D eigenvalue weighted by Crippen LogP contribution is -2.48. The summed E-state index contributed by atoms with van der Waals surface area (Å²) in [4.78, 5) is 10.8. The van der Waals surface area contributed by atoms with Gasteiger partial charge in [0, 0.05) is 6.61 Å². The maximum Gasteiger partial charge on any atom is 0.200 e. The van der Waals surface area contributed by atoms with Gasteiger partial charge in [-0.1, -0.05) is 54.5 Å². The van der Waals surface area contributed by atoms with Crippen LogP contribution in [0.1, 0.15) is 61.8 Å². The van der Waals surface area contributed by atoms with Gasteiger partial charge in [-0.05, 0) is 41.5 Å². The van der Waals surface area contributed by atoms with Crippen LogP contribution in [-0.2, 0) is 9.22 Å². The van der Waals surface area contributed by atoms with Gasteiger partial charge in [-0.2, -0.15) is 0 Å². The lowest BCUT2D eigenvalue weighted by atomic mass is 10.1. The van der Waals surface area contributed by atoms with E-state index >= 15 is 0 Å². The Hall–Kier alpha value is -0.413. The number of allylic oxidation sites excluding steroid dienone is 1. The van der Waals surface area contributed by atoms with E-state index in [4.69, 9.17) is 4.43 Å². The quantitative estimate of drug-likeness (QED) is 0.326. The van der Waals surface area contributed by atoms with Crippen molar-refractivity contribution >= 4 is 14.6 Å². The molecule has 0 unspecified atom stereocenters. The van der Waals surface area contributed by atoms with Gasteiger partial charge >= 0.3 is 0 Å². The molecule has 2 nitrogen and oxygen atoms in total. The van der Waals surface area contributed by atoms with Crippen molar-refractivity contribution in [2.24, 2.45) is 5.92 Å². The first-order chi connectivity index (χ1) is 9.22. The molecule has 3 heteroatoms. The lowest BCUT2D eigenvalue weighted by molar-refractivity contribution is -0.104. The number of carbonyl (C=O) groups excluding carboxylic acids is 1. The molecule has 118 valence electrons. The molecule has 20 heavy (non-hydrogen) atoms. The molecule has 0 spiro atoms. The second-order valence-corrected chi connectivity index (χ2v) is 12.3. The predicted octanol–water partition coefficient (Wildman–Crippen LogP) is 5.35. The Kier molecular flexibility index (Phi) is 8.60. The zero-order valence-corrected chi connectivity index (χ0v) is 15.7. The first kappa shape index (κ1) is 19.6. The molecule has 0 N–H and O–H groups in total. The third-order valence-electron chi connectivity index (χ3n) is 4.46. The van der Waals surface area contributed by atoms with E-state index in [1.165, 1.54) is 0 Å². The lowest BCUT2D eigenvalue weighted by Gasteiger charge is -2.42. The average Bonchev–Trinajstić information content (AvgIpc) is 2.36. The summed E-state index contributed by atoms with van der Waals surface area (Å²) in [6, 6.07) is 0. The average molecular weight is 299 g/mol. The van der Waals surface area contributed by atoms with E-state index in [1.807, 2.05) is 6.92 Å². The monoisotopic (exact) mass is 298 g/mol. The number of rotatable bonds is 9. The Morgan fingerprint density at radius 1 is 1.05 bits per heavy atom. The SMILES string of the molecule is CC[C@@H](/C=C(\C)C=O)CO[Si](C(C)C)(C(C)C)C(C)C. The molecular weight excluding hydrogens is 264 g/mol. The van der Waals surface area contributed by atoms with Gasteiger partial charge in [-0.25, -0.2) is 0 Å². The Labute approximate surface area is 127 Å². The third-order valence-corrected chi connectivity index (χ3v) is 10.5. The minimum Gasteiger partial charge on any atom is -0.415 e. The van der Waals surface area contributed by atoms with Gasteiger partial charge in [-0.3, -0.25) is 4.79 Å².